The summed E-state index contributed by atoms with van der Waals surface area (Å²) in [6, 6.07) is 14.3. The third-order valence-electron chi connectivity index (χ3n) is 3.43. The Kier molecular flexibility index (Phi) is 4.20. The number of nitrogens with zero attached hydrogens (tertiary/aromatic N) is 1. The molecule has 0 atom stereocenters. The Morgan fingerprint density at radius 3 is 2.50 bits per heavy atom. The normalized spacial score (nSPS) is 10.4. The molecule has 3 rings (SSSR count). The molecule has 122 valence electrons. The Balaban J connectivity index is 2.01. The molecule has 24 heavy (non-hydrogen) atoms. The minimum Gasteiger partial charge on any atom is -0.493 e. The van der Waals surface area contributed by atoms with Crippen LogP contribution in [-0.4, -0.2) is 22.2 Å². The van der Waals surface area contributed by atoms with E-state index in [0.29, 0.717) is 17.1 Å². The lowest BCUT2D eigenvalue weighted by atomic mass is 10.1. The van der Waals surface area contributed by atoms with Crippen molar-refractivity contribution in [2.24, 2.45) is 0 Å². The van der Waals surface area contributed by atoms with Gasteiger partial charge in [0, 0.05) is 5.56 Å². The number of para-hydroxylation sites is 2. The van der Waals surface area contributed by atoms with E-state index in [0.717, 1.165) is 5.56 Å². The Morgan fingerprint density at radius 2 is 1.83 bits per heavy atom. The topological polar surface area (TPSA) is 84.4 Å². The summed E-state index contributed by atoms with van der Waals surface area (Å²) in [7, 11) is 1.49. The molecule has 0 aliphatic carbocycles. The Morgan fingerprint density at radius 1 is 1.08 bits per heavy atom. The number of benzene rings is 2. The van der Waals surface area contributed by atoms with Gasteiger partial charge < -0.3 is 19.6 Å². The molecule has 0 radical (unpaired) electrons. The molecule has 6 heteroatoms. The standard InChI is InChI=1S/C18H16N2O4/c1-11-6-5-7-12(10-11)16-19-17(21)15(18(22)20-16)24-14-9-4-3-8-13(14)23-2/h3-10H,1-2H3,(H2,19,20,21,22). The van der Waals surface area contributed by atoms with Gasteiger partial charge in [0.2, 0.25) is 0 Å². The molecule has 0 bridgehead atoms. The molecule has 0 saturated carbocycles. The molecule has 2 aromatic carbocycles. The lowest BCUT2D eigenvalue weighted by Crippen LogP contribution is -2.12. The van der Waals surface area contributed by atoms with E-state index in [1.165, 1.54) is 7.11 Å². The summed E-state index contributed by atoms with van der Waals surface area (Å²) in [5.74, 6) is 0.260. The molecular formula is C18H16N2O4. The minimum absolute atomic E-state index is 0.272. The zero-order valence-electron chi connectivity index (χ0n) is 13.2. The van der Waals surface area contributed by atoms with Crippen LogP contribution in [0.2, 0.25) is 0 Å². The number of methoxy groups -OCH3 is 1. The quantitative estimate of drug-likeness (QED) is 0.769. The van der Waals surface area contributed by atoms with Crippen molar-refractivity contribution in [3.05, 3.63) is 64.4 Å². The average Bonchev–Trinajstić information content (AvgIpc) is 2.58. The first-order valence-corrected chi connectivity index (χ1v) is 7.29. The number of ether oxygens (including phenoxy) is 2. The van der Waals surface area contributed by atoms with Crippen molar-refractivity contribution < 1.29 is 14.6 Å². The fourth-order valence-electron chi connectivity index (χ4n) is 2.28. The highest BCUT2D eigenvalue weighted by Crippen LogP contribution is 2.33. The first-order chi connectivity index (χ1) is 11.6. The van der Waals surface area contributed by atoms with Gasteiger partial charge >= 0.3 is 0 Å². The van der Waals surface area contributed by atoms with Gasteiger partial charge in [-0.1, -0.05) is 35.9 Å². The maximum atomic E-state index is 12.3. The van der Waals surface area contributed by atoms with Crippen LogP contribution in [0.15, 0.2) is 53.3 Å². The van der Waals surface area contributed by atoms with Crippen molar-refractivity contribution in [2.75, 3.05) is 7.11 Å². The van der Waals surface area contributed by atoms with Crippen molar-refractivity contribution in [3.8, 4) is 34.5 Å². The number of aryl methyl sites for hydroxylation is 1. The van der Waals surface area contributed by atoms with Gasteiger partial charge in [0.05, 0.1) is 7.11 Å². The Hall–Kier alpha value is -3.28. The van der Waals surface area contributed by atoms with Crippen molar-refractivity contribution in [1.82, 2.24) is 9.97 Å². The van der Waals surface area contributed by atoms with E-state index in [1.54, 1.807) is 30.3 Å². The van der Waals surface area contributed by atoms with Crippen LogP contribution in [0.25, 0.3) is 11.4 Å². The van der Waals surface area contributed by atoms with Crippen LogP contribution >= 0.6 is 0 Å². The summed E-state index contributed by atoms with van der Waals surface area (Å²) in [6.07, 6.45) is 0. The second-order valence-electron chi connectivity index (χ2n) is 5.19. The second kappa shape index (κ2) is 6.45. The monoisotopic (exact) mass is 324 g/mol. The van der Waals surface area contributed by atoms with Gasteiger partial charge in [-0.3, -0.25) is 4.79 Å². The third kappa shape index (κ3) is 3.08. The van der Waals surface area contributed by atoms with Crippen LogP contribution in [0.3, 0.4) is 0 Å². The number of H-pyrrole nitrogens is 1. The molecule has 0 fully saturated rings. The van der Waals surface area contributed by atoms with E-state index >= 15 is 0 Å². The summed E-state index contributed by atoms with van der Waals surface area (Å²) >= 11 is 0. The molecule has 1 aromatic heterocycles. The predicted molar refractivity (Wildman–Crippen MR) is 89.8 cm³/mol. The van der Waals surface area contributed by atoms with Crippen molar-refractivity contribution in [2.45, 2.75) is 6.92 Å². The van der Waals surface area contributed by atoms with Gasteiger partial charge in [-0.15, -0.1) is 0 Å². The van der Waals surface area contributed by atoms with Crippen LogP contribution in [0.4, 0.5) is 0 Å². The van der Waals surface area contributed by atoms with E-state index in [1.807, 2.05) is 25.1 Å². The molecule has 0 spiro atoms. The number of hydrogen-bond acceptors (Lipinski definition) is 5. The Bertz CT molecular complexity index is 934. The van der Waals surface area contributed by atoms with E-state index < -0.39 is 11.4 Å². The van der Waals surface area contributed by atoms with Gasteiger partial charge in [0.1, 0.15) is 5.82 Å². The zero-order chi connectivity index (χ0) is 17.1. The lowest BCUT2D eigenvalue weighted by molar-refractivity contribution is 0.358. The molecule has 1 heterocycles. The number of aromatic nitrogens is 2. The first kappa shape index (κ1) is 15.6. The summed E-state index contributed by atoms with van der Waals surface area (Å²) in [4.78, 5) is 19.0. The largest absolute Gasteiger partial charge is 0.493 e. The summed E-state index contributed by atoms with van der Waals surface area (Å²) in [5.41, 5.74) is 1.14. The van der Waals surface area contributed by atoms with Gasteiger partial charge in [-0.25, -0.2) is 0 Å². The first-order valence-electron chi connectivity index (χ1n) is 7.29. The summed E-state index contributed by atoms with van der Waals surface area (Å²) in [5, 5.41) is 10.1. The van der Waals surface area contributed by atoms with Gasteiger partial charge in [-0.05, 0) is 25.1 Å². The molecule has 0 unspecified atom stereocenters. The van der Waals surface area contributed by atoms with Crippen LogP contribution in [0.1, 0.15) is 5.56 Å². The molecule has 0 aliphatic rings. The van der Waals surface area contributed by atoms with Crippen LogP contribution in [-0.2, 0) is 0 Å². The SMILES string of the molecule is COc1ccccc1Oc1c(O)nc(-c2cccc(C)c2)[nH]c1=O. The van der Waals surface area contributed by atoms with Gasteiger partial charge in [0.15, 0.2) is 11.5 Å². The molecule has 0 saturated heterocycles. The molecule has 3 aromatic rings. The molecule has 6 nitrogen and oxygen atoms in total. The highest BCUT2D eigenvalue weighted by Gasteiger charge is 2.16. The predicted octanol–water partition coefficient (Wildman–Crippen LogP) is 3.25. The lowest BCUT2D eigenvalue weighted by Gasteiger charge is -2.10. The smallest absolute Gasteiger partial charge is 0.298 e. The number of nitrogens with one attached hydrogen (secondary N) is 1. The summed E-state index contributed by atoms with van der Waals surface area (Å²) in [6.45, 7) is 1.93. The number of aromatic amines is 1. The highest BCUT2D eigenvalue weighted by molar-refractivity contribution is 5.57. The maximum absolute atomic E-state index is 12.3. The van der Waals surface area contributed by atoms with Crippen molar-refractivity contribution in [3.63, 3.8) is 0 Å². The van der Waals surface area contributed by atoms with E-state index in [2.05, 4.69) is 9.97 Å². The van der Waals surface area contributed by atoms with Crippen molar-refractivity contribution >= 4 is 0 Å². The zero-order valence-corrected chi connectivity index (χ0v) is 13.2. The van der Waals surface area contributed by atoms with E-state index in [9.17, 15) is 9.90 Å². The second-order valence-corrected chi connectivity index (χ2v) is 5.19. The fourth-order valence-corrected chi connectivity index (χ4v) is 2.28. The molecular weight excluding hydrogens is 308 g/mol. The third-order valence-corrected chi connectivity index (χ3v) is 3.43. The maximum Gasteiger partial charge on any atom is 0.298 e. The van der Waals surface area contributed by atoms with Crippen LogP contribution in [0, 0.1) is 6.92 Å². The van der Waals surface area contributed by atoms with Gasteiger partial charge in [0.25, 0.3) is 17.2 Å². The van der Waals surface area contributed by atoms with E-state index in [4.69, 9.17) is 9.47 Å². The summed E-state index contributed by atoms with van der Waals surface area (Å²) < 4.78 is 10.7. The number of aromatic hydroxyl groups is 1. The highest BCUT2D eigenvalue weighted by atomic mass is 16.5. The fraction of sp³-hybridized carbons (Fsp3) is 0.111. The molecule has 0 amide bonds. The molecule has 2 N–H and O–H groups in total. The van der Waals surface area contributed by atoms with Crippen molar-refractivity contribution in [1.29, 1.82) is 0 Å². The average molecular weight is 324 g/mol. The number of hydrogen-bond donors (Lipinski definition) is 2. The van der Waals surface area contributed by atoms with Crippen LogP contribution < -0.4 is 15.0 Å². The van der Waals surface area contributed by atoms with E-state index in [-0.39, 0.29) is 11.6 Å². The molecule has 0 aliphatic heterocycles. The van der Waals surface area contributed by atoms with Crippen LogP contribution in [0.5, 0.6) is 23.1 Å². The number of rotatable bonds is 4. The minimum atomic E-state index is -0.579. The van der Waals surface area contributed by atoms with Gasteiger partial charge in [-0.2, -0.15) is 4.98 Å². The Labute approximate surface area is 138 Å².